The predicted molar refractivity (Wildman–Crippen MR) is 189 cm³/mol. The average molecular weight is 697 g/mol. The second-order valence-corrected chi connectivity index (χ2v) is 16.3. The Morgan fingerprint density at radius 1 is 0.740 bits per heavy atom. The van der Waals surface area contributed by atoms with Crippen molar-refractivity contribution in [3.63, 3.8) is 0 Å². The van der Waals surface area contributed by atoms with Gasteiger partial charge < -0.3 is 39.3 Å². The van der Waals surface area contributed by atoms with Crippen molar-refractivity contribution in [2.75, 3.05) is 79.2 Å². The van der Waals surface area contributed by atoms with Crippen molar-refractivity contribution >= 4 is 18.2 Å². The van der Waals surface area contributed by atoms with Crippen LogP contribution in [-0.2, 0) is 9.47 Å². The summed E-state index contributed by atoms with van der Waals surface area (Å²) in [5, 5.41) is 7.18. The van der Waals surface area contributed by atoms with E-state index in [2.05, 4.69) is 36.0 Å². The number of aromatic nitrogens is 2. The molecule has 4 amide bonds. The lowest BCUT2D eigenvalue weighted by atomic mass is 9.60. The van der Waals surface area contributed by atoms with E-state index in [-0.39, 0.29) is 18.2 Å². The molecule has 2 spiro atoms. The van der Waals surface area contributed by atoms with E-state index in [1.54, 1.807) is 7.05 Å². The van der Waals surface area contributed by atoms with Gasteiger partial charge in [-0.15, -0.1) is 0 Å². The van der Waals surface area contributed by atoms with Crippen molar-refractivity contribution in [3.05, 3.63) is 18.5 Å². The van der Waals surface area contributed by atoms with Gasteiger partial charge in [-0.2, -0.15) is 5.10 Å². The van der Waals surface area contributed by atoms with Gasteiger partial charge in [-0.25, -0.2) is 14.4 Å². The summed E-state index contributed by atoms with van der Waals surface area (Å²) in [6.07, 6.45) is 15.7. The summed E-state index contributed by atoms with van der Waals surface area (Å²) in [6, 6.07) is 4.51. The second-order valence-electron chi connectivity index (χ2n) is 16.3. The highest BCUT2D eigenvalue weighted by atomic mass is 16.6. The van der Waals surface area contributed by atoms with Crippen molar-refractivity contribution < 1.29 is 23.9 Å². The van der Waals surface area contributed by atoms with Crippen LogP contribution in [0.15, 0.2) is 18.5 Å². The Bertz CT molecular complexity index is 1300. The van der Waals surface area contributed by atoms with E-state index < -0.39 is 0 Å². The number of nitrogens with one attached hydrogen (secondary N) is 1. The van der Waals surface area contributed by atoms with Crippen LogP contribution in [0.3, 0.4) is 0 Å². The maximum atomic E-state index is 12.1. The van der Waals surface area contributed by atoms with Gasteiger partial charge in [-0.05, 0) is 103 Å². The van der Waals surface area contributed by atoms with Crippen LogP contribution < -0.4 is 5.32 Å². The van der Waals surface area contributed by atoms with Crippen LogP contribution in [0.4, 0.5) is 14.4 Å². The van der Waals surface area contributed by atoms with Crippen LogP contribution in [0.1, 0.15) is 84.1 Å². The molecule has 8 rings (SSSR count). The topological polar surface area (TPSA) is 116 Å². The van der Waals surface area contributed by atoms with Crippen molar-refractivity contribution in [2.45, 2.75) is 102 Å². The summed E-state index contributed by atoms with van der Waals surface area (Å²) in [5.41, 5.74) is 0.770. The number of hydrogen-bond acceptors (Lipinski definition) is 8. The lowest BCUT2D eigenvalue weighted by molar-refractivity contribution is -0.105. The number of likely N-dealkylation sites (tertiary alicyclic amines) is 5. The lowest BCUT2D eigenvalue weighted by Crippen LogP contribution is -2.68. The highest BCUT2D eigenvalue weighted by Crippen LogP contribution is 2.52. The summed E-state index contributed by atoms with van der Waals surface area (Å²) < 4.78 is 12.3. The van der Waals surface area contributed by atoms with Gasteiger partial charge in [0.2, 0.25) is 0 Å². The Hall–Kier alpha value is -3.06. The molecule has 50 heavy (non-hydrogen) atoms. The summed E-state index contributed by atoms with van der Waals surface area (Å²) in [5.74, 6) is 0.651. The van der Waals surface area contributed by atoms with Crippen molar-refractivity contribution in [1.82, 2.24) is 39.6 Å². The molecule has 2 saturated carbocycles. The third-order valence-electron chi connectivity index (χ3n) is 13.2. The summed E-state index contributed by atoms with van der Waals surface area (Å²) in [7, 11) is 1.73. The number of amides is 4. The first-order valence-corrected chi connectivity index (χ1v) is 19.5. The van der Waals surface area contributed by atoms with Crippen molar-refractivity contribution in [3.8, 4) is 0 Å². The van der Waals surface area contributed by atoms with Gasteiger partial charge in [0.05, 0.1) is 19.3 Å². The fourth-order valence-electron chi connectivity index (χ4n) is 10.5. The van der Waals surface area contributed by atoms with E-state index in [0.29, 0.717) is 48.1 Å². The molecule has 0 aromatic carbocycles. The monoisotopic (exact) mass is 696 g/mol. The Morgan fingerprint density at radius 2 is 1.26 bits per heavy atom. The number of carbonyl (C=O) groups excluding carboxylic acids is 3. The minimum Gasteiger partial charge on any atom is -0.450 e. The smallest absolute Gasteiger partial charge is 0.409 e. The van der Waals surface area contributed by atoms with Gasteiger partial charge in [0.15, 0.2) is 0 Å². The quantitative estimate of drug-likeness (QED) is 0.470. The number of ether oxygens (including phenoxy) is 2. The second kappa shape index (κ2) is 14.9. The van der Waals surface area contributed by atoms with Crippen LogP contribution >= 0.6 is 0 Å². The predicted octanol–water partition coefficient (Wildman–Crippen LogP) is 4.26. The van der Waals surface area contributed by atoms with Crippen molar-refractivity contribution in [1.29, 1.82) is 0 Å². The molecule has 1 N–H and O–H groups in total. The minimum atomic E-state index is -0.148. The number of hydrogen-bond donors (Lipinski definition) is 1. The zero-order valence-corrected chi connectivity index (χ0v) is 30.6. The standard InChI is InChI=1S/C20H34N4O3.C17H26N4O2/c1-3-27-19(26)23-13-20(14-23)11-16(12-20)22-9-6-15(7-10-22)17-5-4-8-24(17)18(25)21-2;1-2-23-16(22)20-12-17(13-20)10-15(11-17)19-8-4-14(5-9-19)21-7-3-6-18-21/h15-17H,3-14H2,1-2H3,(H,21,25);3,6-7,14-15H,2,4-5,8-13H2,1H3/t17-;/m0./s1. The highest BCUT2D eigenvalue weighted by Gasteiger charge is 2.56. The number of carbonyl (C=O) groups is 3. The minimum absolute atomic E-state index is 0.0944. The molecule has 1 aromatic rings. The van der Waals surface area contributed by atoms with E-state index in [0.717, 1.165) is 64.7 Å². The Morgan fingerprint density at radius 3 is 1.72 bits per heavy atom. The molecule has 1 atom stereocenters. The molecule has 6 heterocycles. The number of piperidine rings is 2. The van der Waals surface area contributed by atoms with Crippen LogP contribution in [0.25, 0.3) is 0 Å². The molecular formula is C37H60N8O5. The normalized spacial score (nSPS) is 27.1. The molecule has 13 heteroatoms. The molecule has 7 fully saturated rings. The molecule has 13 nitrogen and oxygen atoms in total. The Kier molecular flexibility index (Phi) is 10.5. The van der Waals surface area contributed by atoms with E-state index >= 15 is 0 Å². The molecule has 0 radical (unpaired) electrons. The summed E-state index contributed by atoms with van der Waals surface area (Å²) in [6.45, 7) is 13.8. The first kappa shape index (κ1) is 35.3. The third-order valence-corrected chi connectivity index (χ3v) is 13.2. The molecule has 2 aliphatic carbocycles. The van der Waals surface area contributed by atoms with Crippen LogP contribution in [0.2, 0.25) is 0 Å². The third kappa shape index (κ3) is 7.18. The molecule has 0 bridgehead atoms. The maximum Gasteiger partial charge on any atom is 0.409 e. The largest absolute Gasteiger partial charge is 0.450 e. The van der Waals surface area contributed by atoms with Gasteiger partial charge in [0.25, 0.3) is 0 Å². The zero-order valence-electron chi connectivity index (χ0n) is 30.6. The van der Waals surface area contributed by atoms with Crippen LogP contribution in [0.5, 0.6) is 0 Å². The molecular weight excluding hydrogens is 636 g/mol. The van der Waals surface area contributed by atoms with Crippen LogP contribution in [0, 0.1) is 16.7 Å². The molecule has 0 unspecified atom stereocenters. The zero-order chi connectivity index (χ0) is 34.9. The fraction of sp³-hybridized carbons (Fsp3) is 0.838. The maximum absolute atomic E-state index is 12.1. The van der Waals surface area contributed by atoms with Gasteiger partial charge in [-0.3, -0.25) is 4.68 Å². The van der Waals surface area contributed by atoms with E-state index in [4.69, 9.17) is 9.47 Å². The van der Waals surface area contributed by atoms with Crippen LogP contribution in [-0.4, -0.2) is 150 Å². The Labute approximate surface area is 297 Å². The molecule has 1 aromatic heterocycles. The van der Waals surface area contributed by atoms with E-state index in [9.17, 15) is 14.4 Å². The first-order valence-electron chi connectivity index (χ1n) is 19.5. The Balaban J connectivity index is 0.000000159. The summed E-state index contributed by atoms with van der Waals surface area (Å²) >= 11 is 0. The van der Waals surface area contributed by atoms with Gasteiger partial charge in [0.1, 0.15) is 0 Å². The van der Waals surface area contributed by atoms with Crippen molar-refractivity contribution in [2.24, 2.45) is 16.7 Å². The molecule has 5 saturated heterocycles. The number of rotatable bonds is 6. The molecule has 5 aliphatic heterocycles. The average Bonchev–Trinajstić information content (AvgIpc) is 3.77. The van der Waals surface area contributed by atoms with E-state index in [1.807, 2.05) is 35.9 Å². The molecule has 278 valence electrons. The SMILES string of the molecule is CCOC(=O)N1CC2(CC(N3CCC([C@@H]4CCCN4C(=O)NC)CC3)C2)C1.CCOC(=O)N1CC2(CC(N3CCC(n4cccn4)CC3)C2)C1. The van der Waals surface area contributed by atoms with Gasteiger partial charge >= 0.3 is 18.2 Å². The lowest BCUT2D eigenvalue weighted by Gasteiger charge is -2.61. The first-order chi connectivity index (χ1) is 24.2. The van der Waals surface area contributed by atoms with Gasteiger partial charge in [-0.1, -0.05) is 0 Å². The fourth-order valence-corrected chi connectivity index (χ4v) is 10.5. The summed E-state index contributed by atoms with van der Waals surface area (Å²) in [4.78, 5) is 46.6. The molecule has 7 aliphatic rings. The highest BCUT2D eigenvalue weighted by molar-refractivity contribution is 5.74. The number of nitrogens with zero attached hydrogens (tertiary/aromatic N) is 7. The van der Waals surface area contributed by atoms with Gasteiger partial charge in [0, 0.05) is 94.2 Å². The number of urea groups is 1. The van der Waals surface area contributed by atoms with E-state index in [1.165, 1.54) is 64.5 Å².